The smallest absolute Gasteiger partial charge is 0.231 e. The highest BCUT2D eigenvalue weighted by molar-refractivity contribution is 5.72. The third kappa shape index (κ3) is 8.28. The summed E-state index contributed by atoms with van der Waals surface area (Å²) in [5.74, 6) is 2.59. The molecular formula is C33H46N6O3. The highest BCUT2D eigenvalue weighted by Gasteiger charge is 2.29. The quantitative estimate of drug-likeness (QED) is 0.402. The highest BCUT2D eigenvalue weighted by atomic mass is 16.5. The molecule has 1 aliphatic rings. The Labute approximate surface area is 250 Å². The number of hydrogen-bond acceptors (Lipinski definition) is 7. The Kier molecular flexibility index (Phi) is 11.1. The van der Waals surface area contributed by atoms with Crippen molar-refractivity contribution in [2.24, 2.45) is 5.73 Å². The number of hydrogen-bond donors (Lipinski definition) is 2. The van der Waals surface area contributed by atoms with E-state index in [1.165, 1.54) is 12.5 Å². The van der Waals surface area contributed by atoms with E-state index in [1.807, 2.05) is 5.01 Å². The standard InChI is InChI=1S/C31H41N5O2.C2H5NO/c1-19(2)26-13-12-20(3)28(16-26)38-18-27-24(7)32-30(29-21(4)10-9-11-22(29)5)33-31(27)36-15-14-35(17-23(36)6)34-25(8)37;1-2(3)4/h9-13,16,19,23H,14-15,17-18H2,1-8H3,(H,34,37);1H3,(H2,3,4)/t23-;/m0./s1. The molecule has 1 aromatic heterocycles. The largest absolute Gasteiger partial charge is 0.488 e. The molecule has 226 valence electrons. The number of nitrogens with zero attached hydrogens (tertiary/aromatic N) is 4. The molecule has 2 aromatic carbocycles. The van der Waals surface area contributed by atoms with Crippen molar-refractivity contribution >= 4 is 17.6 Å². The Morgan fingerprint density at radius 1 is 1.02 bits per heavy atom. The van der Waals surface area contributed by atoms with E-state index >= 15 is 0 Å². The zero-order chi connectivity index (χ0) is 31.1. The Balaban J connectivity index is 0.00000114. The molecule has 0 saturated carbocycles. The summed E-state index contributed by atoms with van der Waals surface area (Å²) >= 11 is 0. The van der Waals surface area contributed by atoms with Crippen LogP contribution in [0.2, 0.25) is 0 Å². The summed E-state index contributed by atoms with van der Waals surface area (Å²) in [7, 11) is 0. The predicted octanol–water partition coefficient (Wildman–Crippen LogP) is 5.13. The summed E-state index contributed by atoms with van der Waals surface area (Å²) in [4.78, 5) is 33.4. The number of primary amides is 1. The van der Waals surface area contributed by atoms with Crippen molar-refractivity contribution in [3.63, 3.8) is 0 Å². The Morgan fingerprint density at radius 2 is 1.67 bits per heavy atom. The van der Waals surface area contributed by atoms with Crippen LogP contribution in [0.4, 0.5) is 5.82 Å². The number of carbonyl (C=O) groups excluding carboxylic acids is 2. The third-order valence-electron chi connectivity index (χ3n) is 7.36. The zero-order valence-corrected chi connectivity index (χ0v) is 26.5. The first-order chi connectivity index (χ1) is 19.8. The molecule has 1 saturated heterocycles. The van der Waals surface area contributed by atoms with Crippen LogP contribution in [-0.2, 0) is 16.2 Å². The molecule has 0 bridgehead atoms. The lowest BCUT2D eigenvalue weighted by Crippen LogP contribution is -2.57. The monoisotopic (exact) mass is 574 g/mol. The van der Waals surface area contributed by atoms with Gasteiger partial charge in [0.15, 0.2) is 5.82 Å². The predicted molar refractivity (Wildman–Crippen MR) is 168 cm³/mol. The van der Waals surface area contributed by atoms with E-state index in [0.29, 0.717) is 25.6 Å². The number of piperazine rings is 1. The fourth-order valence-corrected chi connectivity index (χ4v) is 5.14. The van der Waals surface area contributed by atoms with Gasteiger partial charge in [0.2, 0.25) is 11.8 Å². The van der Waals surface area contributed by atoms with Crippen LogP contribution in [0.25, 0.3) is 11.4 Å². The molecule has 2 heterocycles. The number of nitrogens with one attached hydrogen (secondary N) is 1. The lowest BCUT2D eigenvalue weighted by molar-refractivity contribution is -0.124. The maximum atomic E-state index is 11.6. The van der Waals surface area contributed by atoms with Crippen molar-refractivity contribution in [1.82, 2.24) is 20.4 Å². The number of rotatable bonds is 7. The lowest BCUT2D eigenvalue weighted by atomic mass is 10.0. The summed E-state index contributed by atoms with van der Waals surface area (Å²) in [6.07, 6.45) is 0. The van der Waals surface area contributed by atoms with Crippen molar-refractivity contribution in [2.75, 3.05) is 24.5 Å². The van der Waals surface area contributed by atoms with Gasteiger partial charge in [-0.05, 0) is 68.9 Å². The van der Waals surface area contributed by atoms with Gasteiger partial charge in [-0.15, -0.1) is 0 Å². The first kappa shape index (κ1) is 32.5. The second-order valence-electron chi connectivity index (χ2n) is 11.4. The SMILES string of the molecule is CC(=O)NN1CCN(c2nc(-c3c(C)cccc3C)nc(C)c2COc2cc(C(C)C)ccc2C)[C@@H](C)C1.CC(N)=O. The molecule has 3 N–H and O–H groups in total. The topological polar surface area (TPSA) is 114 Å². The van der Waals surface area contributed by atoms with E-state index in [0.717, 1.165) is 57.4 Å². The van der Waals surface area contributed by atoms with Gasteiger partial charge in [0.1, 0.15) is 18.2 Å². The van der Waals surface area contributed by atoms with Gasteiger partial charge in [-0.1, -0.05) is 44.2 Å². The van der Waals surface area contributed by atoms with Crippen molar-refractivity contribution in [2.45, 2.75) is 80.9 Å². The van der Waals surface area contributed by atoms with Crippen LogP contribution >= 0.6 is 0 Å². The van der Waals surface area contributed by atoms with Crippen LogP contribution in [-0.4, -0.2) is 52.5 Å². The molecule has 0 radical (unpaired) electrons. The van der Waals surface area contributed by atoms with Gasteiger partial charge in [-0.2, -0.15) is 0 Å². The number of benzene rings is 2. The van der Waals surface area contributed by atoms with Crippen LogP contribution in [0, 0.1) is 27.7 Å². The third-order valence-corrected chi connectivity index (χ3v) is 7.36. The van der Waals surface area contributed by atoms with E-state index in [4.69, 9.17) is 14.7 Å². The van der Waals surface area contributed by atoms with E-state index in [2.05, 4.69) is 101 Å². The Morgan fingerprint density at radius 3 is 2.24 bits per heavy atom. The summed E-state index contributed by atoms with van der Waals surface area (Å²) in [5, 5.41) is 1.99. The zero-order valence-electron chi connectivity index (χ0n) is 26.5. The molecule has 1 atom stereocenters. The Bertz CT molecular complexity index is 1400. The molecule has 1 fully saturated rings. The second kappa shape index (κ2) is 14.3. The number of nitrogens with two attached hydrogens (primary N) is 1. The van der Waals surface area contributed by atoms with Crippen molar-refractivity contribution < 1.29 is 14.3 Å². The number of aryl methyl sites for hydroxylation is 4. The average molecular weight is 575 g/mol. The number of amides is 2. The molecule has 9 nitrogen and oxygen atoms in total. The molecule has 1 aliphatic heterocycles. The van der Waals surface area contributed by atoms with E-state index in [9.17, 15) is 9.59 Å². The highest BCUT2D eigenvalue weighted by Crippen LogP contribution is 2.32. The lowest BCUT2D eigenvalue weighted by Gasteiger charge is -2.41. The second-order valence-corrected chi connectivity index (χ2v) is 11.4. The van der Waals surface area contributed by atoms with Gasteiger partial charge in [0.25, 0.3) is 0 Å². The van der Waals surface area contributed by atoms with Crippen LogP contribution in [0.3, 0.4) is 0 Å². The number of ether oxygens (including phenoxy) is 1. The minimum absolute atomic E-state index is 0.0473. The molecule has 0 aliphatic carbocycles. The molecule has 9 heteroatoms. The summed E-state index contributed by atoms with van der Waals surface area (Å²) in [6, 6.07) is 12.9. The van der Waals surface area contributed by atoms with Gasteiger partial charge in [-0.3, -0.25) is 15.0 Å². The van der Waals surface area contributed by atoms with Crippen LogP contribution in [0.5, 0.6) is 5.75 Å². The number of hydrazine groups is 1. The van der Waals surface area contributed by atoms with Crippen molar-refractivity contribution in [1.29, 1.82) is 0 Å². The van der Waals surface area contributed by atoms with Gasteiger partial charge in [0, 0.05) is 45.1 Å². The molecule has 3 aromatic rings. The minimum Gasteiger partial charge on any atom is -0.488 e. The van der Waals surface area contributed by atoms with Crippen LogP contribution in [0.15, 0.2) is 36.4 Å². The van der Waals surface area contributed by atoms with Crippen molar-refractivity contribution in [3.05, 3.63) is 69.9 Å². The molecule has 0 spiro atoms. The molecule has 42 heavy (non-hydrogen) atoms. The average Bonchev–Trinajstić information content (AvgIpc) is 2.88. The summed E-state index contributed by atoms with van der Waals surface area (Å²) in [5.41, 5.74) is 15.1. The normalized spacial score (nSPS) is 15.2. The van der Waals surface area contributed by atoms with Crippen LogP contribution < -0.4 is 20.8 Å². The fraction of sp³-hybridized carbons (Fsp3) is 0.455. The minimum atomic E-state index is -0.333. The maximum absolute atomic E-state index is 11.6. The van der Waals surface area contributed by atoms with E-state index in [-0.39, 0.29) is 17.9 Å². The number of anilines is 1. The van der Waals surface area contributed by atoms with Crippen LogP contribution in [0.1, 0.15) is 74.0 Å². The molecular weight excluding hydrogens is 528 g/mol. The summed E-state index contributed by atoms with van der Waals surface area (Å²) < 4.78 is 6.45. The maximum Gasteiger partial charge on any atom is 0.231 e. The molecule has 0 unspecified atom stereocenters. The first-order valence-corrected chi connectivity index (χ1v) is 14.5. The van der Waals surface area contributed by atoms with Crippen molar-refractivity contribution in [3.8, 4) is 17.1 Å². The summed E-state index contributed by atoms with van der Waals surface area (Å²) in [6.45, 7) is 20.3. The van der Waals surface area contributed by atoms with E-state index < -0.39 is 0 Å². The number of carbonyl (C=O) groups is 2. The van der Waals surface area contributed by atoms with Gasteiger partial charge in [-0.25, -0.2) is 15.0 Å². The Hall–Kier alpha value is -3.98. The molecule has 2 amide bonds. The van der Waals surface area contributed by atoms with Gasteiger partial charge in [0.05, 0.1) is 11.3 Å². The van der Waals surface area contributed by atoms with E-state index in [1.54, 1.807) is 6.92 Å². The first-order valence-electron chi connectivity index (χ1n) is 14.5. The number of aromatic nitrogens is 2. The van der Waals surface area contributed by atoms with Gasteiger partial charge >= 0.3 is 0 Å². The fourth-order valence-electron chi connectivity index (χ4n) is 5.14. The molecule has 4 rings (SSSR count). The van der Waals surface area contributed by atoms with Gasteiger partial charge < -0.3 is 15.4 Å².